The standard InChI is InChI=1S/C18H18FN3OS/c1-22(12-18-21-15-4-2-3-5-16(15)24-18)11-17(23)20-10-13-6-8-14(19)9-7-13/h2-9H,10-12H2,1H3,(H,20,23)/p+1. The number of likely N-dealkylation sites (N-methyl/N-ethyl adjacent to an activating group) is 1. The summed E-state index contributed by atoms with van der Waals surface area (Å²) in [4.78, 5) is 17.7. The Morgan fingerprint density at radius 3 is 2.71 bits per heavy atom. The molecule has 1 aromatic heterocycles. The minimum Gasteiger partial charge on any atom is -0.347 e. The van der Waals surface area contributed by atoms with Crippen LogP contribution >= 0.6 is 11.3 Å². The SMILES string of the molecule is C[NH+](CC(=O)NCc1ccc(F)cc1)Cc1nc2ccccc2s1. The second-order valence-electron chi connectivity index (χ2n) is 5.79. The van der Waals surface area contributed by atoms with E-state index in [9.17, 15) is 9.18 Å². The maximum atomic E-state index is 12.8. The van der Waals surface area contributed by atoms with Crippen molar-refractivity contribution in [1.29, 1.82) is 0 Å². The molecule has 2 aromatic carbocycles. The van der Waals surface area contributed by atoms with Crippen molar-refractivity contribution in [2.45, 2.75) is 13.1 Å². The summed E-state index contributed by atoms with van der Waals surface area (Å²) in [6, 6.07) is 14.2. The molecule has 1 heterocycles. The number of thiazole rings is 1. The van der Waals surface area contributed by atoms with Crippen LogP contribution in [0.1, 0.15) is 10.6 Å². The van der Waals surface area contributed by atoms with Crippen molar-refractivity contribution in [3.05, 3.63) is 64.9 Å². The number of carbonyl (C=O) groups excluding carboxylic acids is 1. The van der Waals surface area contributed by atoms with Gasteiger partial charge in [-0.3, -0.25) is 4.79 Å². The van der Waals surface area contributed by atoms with Crippen molar-refractivity contribution in [1.82, 2.24) is 10.3 Å². The van der Waals surface area contributed by atoms with Crippen LogP contribution in [0.15, 0.2) is 48.5 Å². The van der Waals surface area contributed by atoms with Crippen LogP contribution in [0.25, 0.3) is 10.2 Å². The predicted molar refractivity (Wildman–Crippen MR) is 93.3 cm³/mol. The zero-order chi connectivity index (χ0) is 16.9. The largest absolute Gasteiger partial charge is 0.347 e. The van der Waals surface area contributed by atoms with Crippen LogP contribution < -0.4 is 10.2 Å². The van der Waals surface area contributed by atoms with Crippen LogP contribution in [0.2, 0.25) is 0 Å². The number of rotatable bonds is 6. The number of carbonyl (C=O) groups is 1. The Morgan fingerprint density at radius 1 is 1.21 bits per heavy atom. The second kappa shape index (κ2) is 7.51. The summed E-state index contributed by atoms with van der Waals surface area (Å²) in [6.07, 6.45) is 0. The molecule has 1 amide bonds. The van der Waals surface area contributed by atoms with Crippen LogP contribution in [0.5, 0.6) is 0 Å². The number of amides is 1. The van der Waals surface area contributed by atoms with E-state index >= 15 is 0 Å². The maximum Gasteiger partial charge on any atom is 0.275 e. The highest BCUT2D eigenvalue weighted by atomic mass is 32.1. The van der Waals surface area contributed by atoms with Crippen molar-refractivity contribution in [2.24, 2.45) is 0 Å². The molecule has 0 spiro atoms. The average molecular weight is 344 g/mol. The molecule has 0 aliphatic carbocycles. The van der Waals surface area contributed by atoms with Gasteiger partial charge in [-0.1, -0.05) is 24.3 Å². The van der Waals surface area contributed by atoms with Crippen molar-refractivity contribution < 1.29 is 14.1 Å². The van der Waals surface area contributed by atoms with E-state index in [4.69, 9.17) is 0 Å². The summed E-state index contributed by atoms with van der Waals surface area (Å²) in [5.41, 5.74) is 1.89. The smallest absolute Gasteiger partial charge is 0.275 e. The van der Waals surface area contributed by atoms with E-state index in [-0.39, 0.29) is 11.7 Å². The Labute approximate surface area is 143 Å². The van der Waals surface area contributed by atoms with Gasteiger partial charge in [0, 0.05) is 6.54 Å². The van der Waals surface area contributed by atoms with Gasteiger partial charge in [-0.2, -0.15) is 0 Å². The first-order valence-corrected chi connectivity index (χ1v) is 8.59. The molecule has 0 saturated heterocycles. The fraction of sp³-hybridized carbons (Fsp3) is 0.222. The van der Waals surface area contributed by atoms with Gasteiger partial charge < -0.3 is 10.2 Å². The molecule has 2 N–H and O–H groups in total. The van der Waals surface area contributed by atoms with Gasteiger partial charge in [0.1, 0.15) is 17.4 Å². The lowest BCUT2D eigenvalue weighted by Crippen LogP contribution is -3.08. The normalized spacial score (nSPS) is 12.2. The third kappa shape index (κ3) is 4.37. The lowest BCUT2D eigenvalue weighted by atomic mass is 10.2. The van der Waals surface area contributed by atoms with Crippen molar-refractivity contribution >= 4 is 27.5 Å². The van der Waals surface area contributed by atoms with Gasteiger partial charge >= 0.3 is 0 Å². The monoisotopic (exact) mass is 344 g/mol. The van der Waals surface area contributed by atoms with Crippen LogP contribution in [0.4, 0.5) is 4.39 Å². The van der Waals surface area contributed by atoms with Gasteiger partial charge in [-0.15, -0.1) is 11.3 Å². The molecule has 0 aliphatic rings. The molecule has 0 aliphatic heterocycles. The zero-order valence-corrected chi connectivity index (χ0v) is 14.2. The third-order valence-electron chi connectivity index (χ3n) is 3.66. The molecule has 124 valence electrons. The summed E-state index contributed by atoms with van der Waals surface area (Å²) in [5.74, 6) is -0.303. The molecule has 4 nitrogen and oxygen atoms in total. The minimum absolute atomic E-state index is 0.0297. The van der Waals surface area contributed by atoms with Crippen LogP contribution in [0, 0.1) is 5.82 Å². The van der Waals surface area contributed by atoms with Crippen molar-refractivity contribution in [3.63, 3.8) is 0 Å². The summed E-state index contributed by atoms with van der Waals surface area (Å²) < 4.78 is 14.0. The number of aromatic nitrogens is 1. The summed E-state index contributed by atoms with van der Waals surface area (Å²) in [7, 11) is 1.98. The second-order valence-corrected chi connectivity index (χ2v) is 6.90. The number of fused-ring (bicyclic) bond motifs is 1. The number of benzene rings is 2. The van der Waals surface area contributed by atoms with Gasteiger partial charge in [0.2, 0.25) is 0 Å². The third-order valence-corrected chi connectivity index (χ3v) is 4.69. The van der Waals surface area contributed by atoms with Gasteiger partial charge in [0.25, 0.3) is 5.91 Å². The summed E-state index contributed by atoms with van der Waals surface area (Å²) in [5, 5.41) is 3.89. The number of para-hydroxylation sites is 1. The first-order chi connectivity index (χ1) is 11.6. The Bertz CT molecular complexity index is 799. The molecular formula is C18H19FN3OS+. The molecule has 0 bridgehead atoms. The lowest BCUT2D eigenvalue weighted by Gasteiger charge is -2.12. The average Bonchev–Trinajstić information content (AvgIpc) is 2.96. The van der Waals surface area contributed by atoms with Crippen molar-refractivity contribution in [2.75, 3.05) is 13.6 Å². The Balaban J connectivity index is 1.49. The van der Waals surface area contributed by atoms with Crippen LogP contribution in [-0.4, -0.2) is 24.5 Å². The van der Waals surface area contributed by atoms with E-state index in [1.807, 2.05) is 25.2 Å². The van der Waals surface area contributed by atoms with Gasteiger partial charge in [0.15, 0.2) is 6.54 Å². The Kier molecular flexibility index (Phi) is 5.17. The number of quaternary nitrogens is 1. The fourth-order valence-corrected chi connectivity index (χ4v) is 3.54. The number of nitrogens with zero attached hydrogens (tertiary/aromatic N) is 1. The molecule has 3 aromatic rings. The number of halogens is 1. The number of hydrogen-bond donors (Lipinski definition) is 2. The lowest BCUT2D eigenvalue weighted by molar-refractivity contribution is -0.885. The summed E-state index contributed by atoms with van der Waals surface area (Å²) >= 11 is 1.67. The molecular weight excluding hydrogens is 325 g/mol. The molecule has 3 rings (SSSR count). The van der Waals surface area contributed by atoms with E-state index in [1.165, 1.54) is 16.8 Å². The predicted octanol–water partition coefficient (Wildman–Crippen LogP) is 1.77. The Morgan fingerprint density at radius 2 is 1.96 bits per heavy atom. The molecule has 6 heteroatoms. The van der Waals surface area contributed by atoms with Crippen molar-refractivity contribution in [3.8, 4) is 0 Å². The highest BCUT2D eigenvalue weighted by molar-refractivity contribution is 7.18. The Hall–Kier alpha value is -2.31. The quantitative estimate of drug-likeness (QED) is 0.716. The molecule has 0 radical (unpaired) electrons. The minimum atomic E-state index is -0.273. The molecule has 1 unspecified atom stereocenters. The summed E-state index contributed by atoms with van der Waals surface area (Å²) in [6.45, 7) is 1.49. The highest BCUT2D eigenvalue weighted by Gasteiger charge is 2.13. The van der Waals surface area contributed by atoms with Gasteiger partial charge in [-0.05, 0) is 29.8 Å². The first kappa shape index (κ1) is 16.5. The molecule has 1 atom stereocenters. The number of nitrogens with one attached hydrogen (secondary N) is 2. The molecule has 0 fully saturated rings. The van der Waals surface area contributed by atoms with Gasteiger partial charge in [0.05, 0.1) is 17.3 Å². The topological polar surface area (TPSA) is 46.4 Å². The van der Waals surface area contributed by atoms with Gasteiger partial charge in [-0.25, -0.2) is 9.37 Å². The van der Waals surface area contributed by atoms with E-state index in [1.54, 1.807) is 23.5 Å². The molecule has 0 saturated carbocycles. The fourth-order valence-electron chi connectivity index (χ4n) is 2.46. The van der Waals surface area contributed by atoms with Crippen LogP contribution in [0.3, 0.4) is 0 Å². The van der Waals surface area contributed by atoms with E-state index < -0.39 is 0 Å². The molecule has 24 heavy (non-hydrogen) atoms. The van der Waals surface area contributed by atoms with E-state index in [0.717, 1.165) is 21.0 Å². The number of hydrogen-bond acceptors (Lipinski definition) is 3. The van der Waals surface area contributed by atoms with E-state index in [0.29, 0.717) is 19.6 Å². The zero-order valence-electron chi connectivity index (χ0n) is 13.4. The highest BCUT2D eigenvalue weighted by Crippen LogP contribution is 2.20. The van der Waals surface area contributed by atoms with Crippen LogP contribution in [-0.2, 0) is 17.9 Å². The maximum absolute atomic E-state index is 12.8. The van der Waals surface area contributed by atoms with E-state index in [2.05, 4.69) is 16.4 Å². The first-order valence-electron chi connectivity index (χ1n) is 7.77.